The fourth-order valence-electron chi connectivity index (χ4n) is 2.97. The first kappa shape index (κ1) is 18.7. The van der Waals surface area contributed by atoms with Crippen LogP contribution in [-0.2, 0) is 16.3 Å². The number of sulfone groups is 1. The fraction of sp³-hybridized carbons (Fsp3) is 0.316. The van der Waals surface area contributed by atoms with Gasteiger partial charge >= 0.3 is 0 Å². The molecule has 0 aliphatic carbocycles. The molecule has 0 aromatic heterocycles. The molecule has 3 rings (SSSR count). The Morgan fingerprint density at radius 2 is 1.92 bits per heavy atom. The van der Waals surface area contributed by atoms with Crippen LogP contribution in [0, 0.1) is 0 Å². The Labute approximate surface area is 158 Å². The van der Waals surface area contributed by atoms with Crippen LogP contribution in [0.2, 0.25) is 5.02 Å². The van der Waals surface area contributed by atoms with Gasteiger partial charge in [0.25, 0.3) is 5.91 Å². The number of ether oxygens (including phenoxy) is 1. The van der Waals surface area contributed by atoms with Crippen molar-refractivity contribution in [1.29, 1.82) is 0 Å². The molecule has 7 heteroatoms. The van der Waals surface area contributed by atoms with E-state index in [9.17, 15) is 13.2 Å². The number of benzene rings is 2. The van der Waals surface area contributed by atoms with Crippen LogP contribution in [0.5, 0.6) is 5.75 Å². The number of halogens is 1. The second-order valence-corrected chi connectivity index (χ2v) is 9.03. The minimum Gasteiger partial charge on any atom is -0.490 e. The molecule has 1 aliphatic heterocycles. The first-order valence-electron chi connectivity index (χ1n) is 8.28. The average Bonchev–Trinajstić information content (AvgIpc) is 2.96. The quantitative estimate of drug-likeness (QED) is 0.793. The summed E-state index contributed by atoms with van der Waals surface area (Å²) in [4.78, 5) is 14.9. The van der Waals surface area contributed by atoms with Crippen molar-refractivity contribution in [2.24, 2.45) is 0 Å². The molecular weight excluding hydrogens is 374 g/mol. The summed E-state index contributed by atoms with van der Waals surface area (Å²) in [5.41, 5.74) is 2.02. The highest BCUT2D eigenvalue weighted by atomic mass is 35.5. The molecule has 0 saturated carbocycles. The summed E-state index contributed by atoms with van der Waals surface area (Å²) in [6.45, 7) is 4.21. The van der Waals surface area contributed by atoms with Gasteiger partial charge in [0.15, 0.2) is 9.84 Å². The molecule has 138 valence electrons. The van der Waals surface area contributed by atoms with Crippen molar-refractivity contribution in [1.82, 2.24) is 0 Å². The molecule has 1 amide bonds. The molecule has 2 aromatic rings. The van der Waals surface area contributed by atoms with E-state index in [1.165, 1.54) is 12.1 Å². The summed E-state index contributed by atoms with van der Waals surface area (Å²) >= 11 is 6.08. The highest BCUT2D eigenvalue weighted by Gasteiger charge is 2.29. The van der Waals surface area contributed by atoms with Gasteiger partial charge in [-0.2, -0.15) is 0 Å². The summed E-state index contributed by atoms with van der Waals surface area (Å²) in [7, 11) is -3.44. The third-order valence-electron chi connectivity index (χ3n) is 4.16. The van der Waals surface area contributed by atoms with E-state index in [2.05, 4.69) is 0 Å². The molecule has 0 atom stereocenters. The van der Waals surface area contributed by atoms with Gasteiger partial charge < -0.3 is 9.64 Å². The predicted octanol–water partition coefficient (Wildman–Crippen LogP) is 3.73. The maximum atomic E-state index is 13.2. The van der Waals surface area contributed by atoms with Crippen LogP contribution < -0.4 is 9.64 Å². The van der Waals surface area contributed by atoms with Gasteiger partial charge in [-0.1, -0.05) is 17.7 Å². The maximum Gasteiger partial charge on any atom is 0.262 e. The summed E-state index contributed by atoms with van der Waals surface area (Å²) in [6.07, 6.45) is 1.69. The SMILES string of the molecule is CC(C)Oc1ccc(S(C)(=O)=O)cc1C(=O)N1CCc2ccc(Cl)cc21. The Morgan fingerprint density at radius 3 is 2.58 bits per heavy atom. The molecule has 5 nitrogen and oxygen atoms in total. The molecule has 0 saturated heterocycles. The van der Waals surface area contributed by atoms with Gasteiger partial charge in [0, 0.05) is 23.5 Å². The lowest BCUT2D eigenvalue weighted by Gasteiger charge is -2.21. The molecule has 0 bridgehead atoms. The Hall–Kier alpha value is -2.05. The highest BCUT2D eigenvalue weighted by molar-refractivity contribution is 7.90. The lowest BCUT2D eigenvalue weighted by Crippen LogP contribution is -2.29. The van der Waals surface area contributed by atoms with Crippen molar-refractivity contribution in [3.05, 3.63) is 52.5 Å². The van der Waals surface area contributed by atoms with Crippen molar-refractivity contribution < 1.29 is 17.9 Å². The Balaban J connectivity index is 2.07. The Kier molecular flexibility index (Phi) is 4.99. The zero-order valence-corrected chi connectivity index (χ0v) is 16.4. The van der Waals surface area contributed by atoms with Crippen molar-refractivity contribution >= 4 is 33.0 Å². The topological polar surface area (TPSA) is 63.7 Å². The van der Waals surface area contributed by atoms with Gasteiger partial charge in [-0.25, -0.2) is 8.42 Å². The monoisotopic (exact) mass is 393 g/mol. The van der Waals surface area contributed by atoms with Crippen LogP contribution in [0.3, 0.4) is 0 Å². The van der Waals surface area contributed by atoms with E-state index in [4.69, 9.17) is 16.3 Å². The molecule has 0 radical (unpaired) electrons. The largest absolute Gasteiger partial charge is 0.490 e. The number of rotatable bonds is 4. The van der Waals surface area contributed by atoms with Crippen molar-refractivity contribution in [2.75, 3.05) is 17.7 Å². The molecule has 1 aliphatic rings. The number of carbonyl (C=O) groups excluding carboxylic acids is 1. The number of fused-ring (bicyclic) bond motifs is 1. The number of carbonyl (C=O) groups is 1. The molecule has 0 fully saturated rings. The van der Waals surface area contributed by atoms with Crippen molar-refractivity contribution in [3.63, 3.8) is 0 Å². The first-order chi connectivity index (χ1) is 12.2. The van der Waals surface area contributed by atoms with E-state index >= 15 is 0 Å². The van der Waals surface area contributed by atoms with E-state index in [-0.39, 0.29) is 22.5 Å². The van der Waals surface area contributed by atoms with Crippen LogP contribution in [-0.4, -0.2) is 33.2 Å². The summed E-state index contributed by atoms with van der Waals surface area (Å²) < 4.78 is 29.6. The van der Waals surface area contributed by atoms with E-state index in [0.717, 1.165) is 23.9 Å². The minimum absolute atomic E-state index is 0.0856. The van der Waals surface area contributed by atoms with Gasteiger partial charge in [0.1, 0.15) is 5.75 Å². The number of hydrogen-bond donors (Lipinski definition) is 0. The minimum atomic E-state index is -3.44. The van der Waals surface area contributed by atoms with E-state index in [1.807, 2.05) is 19.9 Å². The second kappa shape index (κ2) is 6.93. The number of nitrogens with zero attached hydrogens (tertiary/aromatic N) is 1. The summed E-state index contributed by atoms with van der Waals surface area (Å²) in [5.74, 6) is 0.0695. The molecular formula is C19H20ClNO4S. The van der Waals surface area contributed by atoms with Gasteiger partial charge in [0.2, 0.25) is 0 Å². The van der Waals surface area contributed by atoms with Crippen LogP contribution in [0.25, 0.3) is 0 Å². The molecule has 0 N–H and O–H groups in total. The Bertz CT molecular complexity index is 969. The van der Waals surface area contributed by atoms with Crippen LogP contribution in [0.1, 0.15) is 29.8 Å². The van der Waals surface area contributed by atoms with Gasteiger partial charge in [-0.05, 0) is 56.2 Å². The van der Waals surface area contributed by atoms with Gasteiger partial charge in [-0.15, -0.1) is 0 Å². The lowest BCUT2D eigenvalue weighted by atomic mass is 10.1. The van der Waals surface area contributed by atoms with E-state index in [0.29, 0.717) is 17.3 Å². The first-order valence-corrected chi connectivity index (χ1v) is 10.5. The normalized spacial score (nSPS) is 13.8. The molecule has 1 heterocycles. The third-order valence-corrected chi connectivity index (χ3v) is 5.51. The molecule has 0 spiro atoms. The molecule has 2 aromatic carbocycles. The van der Waals surface area contributed by atoms with Gasteiger partial charge in [-0.3, -0.25) is 4.79 Å². The number of amides is 1. The zero-order valence-electron chi connectivity index (χ0n) is 14.8. The standard InChI is InChI=1S/C19H20ClNO4S/c1-12(2)25-18-7-6-15(26(3,23)24)11-16(18)19(22)21-9-8-13-4-5-14(20)10-17(13)21/h4-7,10-12H,8-9H2,1-3H3. The average molecular weight is 394 g/mol. The van der Waals surface area contributed by atoms with E-state index < -0.39 is 9.84 Å². The van der Waals surface area contributed by atoms with Gasteiger partial charge in [0.05, 0.1) is 16.6 Å². The highest BCUT2D eigenvalue weighted by Crippen LogP contribution is 2.34. The third kappa shape index (κ3) is 3.71. The number of anilines is 1. The maximum absolute atomic E-state index is 13.2. The fourth-order valence-corrected chi connectivity index (χ4v) is 3.79. The molecule has 26 heavy (non-hydrogen) atoms. The lowest BCUT2D eigenvalue weighted by molar-refractivity contribution is 0.0983. The predicted molar refractivity (Wildman–Crippen MR) is 102 cm³/mol. The number of hydrogen-bond acceptors (Lipinski definition) is 4. The van der Waals surface area contributed by atoms with Crippen LogP contribution in [0.4, 0.5) is 5.69 Å². The van der Waals surface area contributed by atoms with Crippen molar-refractivity contribution in [3.8, 4) is 5.75 Å². The van der Waals surface area contributed by atoms with Crippen LogP contribution in [0.15, 0.2) is 41.3 Å². The van der Waals surface area contributed by atoms with Crippen LogP contribution >= 0.6 is 11.6 Å². The van der Waals surface area contributed by atoms with Crippen molar-refractivity contribution in [2.45, 2.75) is 31.3 Å². The zero-order chi connectivity index (χ0) is 19.1. The van der Waals surface area contributed by atoms with E-state index in [1.54, 1.807) is 23.1 Å². The smallest absolute Gasteiger partial charge is 0.262 e. The summed E-state index contributed by atoms with van der Waals surface area (Å²) in [5, 5.41) is 0.548. The summed E-state index contributed by atoms with van der Waals surface area (Å²) in [6, 6.07) is 9.84. The Morgan fingerprint density at radius 1 is 1.19 bits per heavy atom. The second-order valence-electron chi connectivity index (χ2n) is 6.58. The molecule has 0 unspecified atom stereocenters.